The van der Waals surface area contributed by atoms with Crippen molar-refractivity contribution in [2.45, 2.75) is 26.4 Å². The Labute approximate surface area is 82.8 Å². The molecule has 78 valence electrons. The molecule has 0 radical (unpaired) electrons. The average molecular weight is 197 g/mol. The van der Waals surface area contributed by atoms with Crippen molar-refractivity contribution in [1.29, 1.82) is 0 Å². The van der Waals surface area contributed by atoms with E-state index in [2.05, 4.69) is 15.8 Å². The maximum absolute atomic E-state index is 11.3. The van der Waals surface area contributed by atoms with Crippen LogP contribution in [0.4, 0.5) is 0 Å². The summed E-state index contributed by atoms with van der Waals surface area (Å²) in [5, 5.41) is 9.32. The van der Waals surface area contributed by atoms with E-state index in [1.807, 2.05) is 6.92 Å². The topological polar surface area (TPSA) is 67.2 Å². The van der Waals surface area contributed by atoms with Gasteiger partial charge in [-0.1, -0.05) is 5.16 Å². The number of hydrogen-bond donors (Lipinski definition) is 2. The molecule has 0 aliphatic rings. The molecule has 5 heteroatoms. The molecule has 0 aliphatic carbocycles. The Kier molecular flexibility index (Phi) is 4.12. The summed E-state index contributed by atoms with van der Waals surface area (Å²) in [5.74, 6) is 0.716. The first-order valence-electron chi connectivity index (χ1n) is 4.64. The van der Waals surface area contributed by atoms with Gasteiger partial charge in [0.05, 0.1) is 18.8 Å². The number of likely N-dealkylation sites (N-methyl/N-ethyl adjacent to an activating group) is 1. The second-order valence-corrected chi connectivity index (χ2v) is 2.98. The van der Waals surface area contributed by atoms with Crippen LogP contribution in [0.3, 0.4) is 0 Å². The van der Waals surface area contributed by atoms with E-state index in [0.717, 1.165) is 5.76 Å². The fourth-order valence-corrected chi connectivity index (χ4v) is 1.01. The zero-order chi connectivity index (χ0) is 10.4. The first kappa shape index (κ1) is 10.7. The van der Waals surface area contributed by atoms with Crippen LogP contribution in [0.2, 0.25) is 0 Å². The van der Waals surface area contributed by atoms with E-state index in [1.165, 1.54) is 0 Å². The lowest BCUT2D eigenvalue weighted by molar-refractivity contribution is -0.122. The molecule has 1 amide bonds. The van der Waals surface area contributed by atoms with Crippen LogP contribution in [0.5, 0.6) is 0 Å². The smallest absolute Gasteiger partial charge is 0.236 e. The Bertz CT molecular complexity index is 272. The number of hydrogen-bond acceptors (Lipinski definition) is 4. The first-order valence-corrected chi connectivity index (χ1v) is 4.64. The summed E-state index contributed by atoms with van der Waals surface area (Å²) in [6, 6.07) is 1.54. The molecule has 0 aliphatic heterocycles. The minimum absolute atomic E-state index is 0.00739. The Morgan fingerprint density at radius 1 is 1.71 bits per heavy atom. The van der Waals surface area contributed by atoms with Crippen LogP contribution in [0.1, 0.15) is 19.6 Å². The lowest BCUT2D eigenvalue weighted by atomic mass is 10.3. The van der Waals surface area contributed by atoms with E-state index in [1.54, 1.807) is 19.2 Å². The van der Waals surface area contributed by atoms with Crippen molar-refractivity contribution in [2.75, 3.05) is 6.54 Å². The summed E-state index contributed by atoms with van der Waals surface area (Å²) in [6.07, 6.45) is 1.58. The van der Waals surface area contributed by atoms with Crippen LogP contribution in [-0.2, 0) is 11.3 Å². The molecule has 1 atom stereocenters. The van der Waals surface area contributed by atoms with Gasteiger partial charge in [0.2, 0.25) is 5.91 Å². The minimum atomic E-state index is -0.222. The largest absolute Gasteiger partial charge is 0.360 e. The van der Waals surface area contributed by atoms with E-state index < -0.39 is 0 Å². The lowest BCUT2D eigenvalue weighted by Crippen LogP contribution is -2.41. The van der Waals surface area contributed by atoms with Crippen molar-refractivity contribution >= 4 is 5.91 Å². The quantitative estimate of drug-likeness (QED) is 0.712. The molecule has 1 heterocycles. The van der Waals surface area contributed by atoms with Crippen LogP contribution in [-0.4, -0.2) is 23.7 Å². The predicted octanol–water partition coefficient (Wildman–Crippen LogP) is 0.289. The van der Waals surface area contributed by atoms with Crippen molar-refractivity contribution in [3.8, 4) is 0 Å². The van der Waals surface area contributed by atoms with Gasteiger partial charge in [0.25, 0.3) is 0 Å². The Hall–Kier alpha value is -1.36. The number of rotatable bonds is 5. The number of nitrogens with zero attached hydrogens (tertiary/aromatic N) is 1. The zero-order valence-corrected chi connectivity index (χ0v) is 8.41. The fraction of sp³-hybridized carbons (Fsp3) is 0.556. The van der Waals surface area contributed by atoms with Gasteiger partial charge in [0.1, 0.15) is 5.76 Å². The third-order valence-corrected chi connectivity index (χ3v) is 1.82. The molecule has 0 saturated heterocycles. The zero-order valence-electron chi connectivity index (χ0n) is 8.41. The van der Waals surface area contributed by atoms with E-state index >= 15 is 0 Å². The Morgan fingerprint density at radius 2 is 2.50 bits per heavy atom. The molecule has 0 bridgehead atoms. The maximum Gasteiger partial charge on any atom is 0.236 e. The predicted molar refractivity (Wildman–Crippen MR) is 51.5 cm³/mol. The average Bonchev–Trinajstić information content (AvgIpc) is 2.67. The van der Waals surface area contributed by atoms with Crippen LogP contribution < -0.4 is 10.6 Å². The Morgan fingerprint density at radius 3 is 3.07 bits per heavy atom. The highest BCUT2D eigenvalue weighted by Crippen LogP contribution is 1.96. The number of amides is 1. The molecule has 1 aromatic rings. The van der Waals surface area contributed by atoms with E-state index in [-0.39, 0.29) is 11.9 Å². The van der Waals surface area contributed by atoms with Gasteiger partial charge in [-0.2, -0.15) is 0 Å². The molecule has 1 unspecified atom stereocenters. The minimum Gasteiger partial charge on any atom is -0.360 e. The SMILES string of the molecule is CCNC(=O)C(C)NCc1ccno1. The first-order chi connectivity index (χ1) is 6.74. The fourth-order valence-electron chi connectivity index (χ4n) is 1.01. The molecule has 1 aromatic heterocycles. The van der Waals surface area contributed by atoms with Crippen molar-refractivity contribution in [2.24, 2.45) is 0 Å². The van der Waals surface area contributed by atoms with Crippen molar-refractivity contribution in [1.82, 2.24) is 15.8 Å². The normalized spacial score (nSPS) is 12.4. The molecular weight excluding hydrogens is 182 g/mol. The van der Waals surface area contributed by atoms with Gasteiger partial charge in [-0.05, 0) is 13.8 Å². The van der Waals surface area contributed by atoms with Gasteiger partial charge in [-0.3, -0.25) is 10.1 Å². The maximum atomic E-state index is 11.3. The molecule has 0 spiro atoms. The van der Waals surface area contributed by atoms with Crippen LogP contribution >= 0.6 is 0 Å². The summed E-state index contributed by atoms with van der Waals surface area (Å²) >= 11 is 0. The Balaban J connectivity index is 2.27. The second kappa shape index (κ2) is 5.39. The molecule has 5 nitrogen and oxygen atoms in total. The number of aromatic nitrogens is 1. The third kappa shape index (κ3) is 3.18. The van der Waals surface area contributed by atoms with Crippen molar-refractivity contribution < 1.29 is 9.32 Å². The summed E-state index contributed by atoms with van der Waals surface area (Å²) < 4.78 is 4.88. The highest BCUT2D eigenvalue weighted by Gasteiger charge is 2.10. The summed E-state index contributed by atoms with van der Waals surface area (Å²) in [5.41, 5.74) is 0. The van der Waals surface area contributed by atoms with E-state index in [0.29, 0.717) is 13.1 Å². The summed E-state index contributed by atoms with van der Waals surface area (Å²) in [4.78, 5) is 11.3. The number of nitrogens with one attached hydrogen (secondary N) is 2. The van der Waals surface area contributed by atoms with E-state index in [9.17, 15) is 4.79 Å². The van der Waals surface area contributed by atoms with Gasteiger partial charge in [-0.25, -0.2) is 0 Å². The van der Waals surface area contributed by atoms with Gasteiger partial charge in [0, 0.05) is 12.6 Å². The van der Waals surface area contributed by atoms with Crippen molar-refractivity contribution in [3.05, 3.63) is 18.0 Å². The van der Waals surface area contributed by atoms with Crippen molar-refractivity contribution in [3.63, 3.8) is 0 Å². The monoisotopic (exact) mass is 197 g/mol. The molecule has 0 saturated carbocycles. The number of carbonyl (C=O) groups excluding carboxylic acids is 1. The van der Waals surface area contributed by atoms with Gasteiger partial charge in [-0.15, -0.1) is 0 Å². The summed E-state index contributed by atoms with van der Waals surface area (Å²) in [6.45, 7) is 4.86. The van der Waals surface area contributed by atoms with Crippen LogP contribution in [0, 0.1) is 0 Å². The van der Waals surface area contributed by atoms with Crippen LogP contribution in [0.25, 0.3) is 0 Å². The van der Waals surface area contributed by atoms with E-state index in [4.69, 9.17) is 4.52 Å². The highest BCUT2D eigenvalue weighted by atomic mass is 16.5. The van der Waals surface area contributed by atoms with Crippen LogP contribution in [0.15, 0.2) is 16.8 Å². The molecular formula is C9H15N3O2. The van der Waals surface area contributed by atoms with Gasteiger partial charge >= 0.3 is 0 Å². The summed E-state index contributed by atoms with van der Waals surface area (Å²) in [7, 11) is 0. The standard InChI is InChI=1S/C9H15N3O2/c1-3-10-9(13)7(2)11-6-8-4-5-12-14-8/h4-5,7,11H,3,6H2,1-2H3,(H,10,13). The van der Waals surface area contributed by atoms with Gasteiger partial charge in [0.15, 0.2) is 0 Å². The molecule has 0 fully saturated rings. The number of carbonyl (C=O) groups is 1. The molecule has 1 rings (SSSR count). The third-order valence-electron chi connectivity index (χ3n) is 1.82. The lowest BCUT2D eigenvalue weighted by Gasteiger charge is -2.11. The molecule has 0 aromatic carbocycles. The molecule has 14 heavy (non-hydrogen) atoms. The molecule has 2 N–H and O–H groups in total. The second-order valence-electron chi connectivity index (χ2n) is 2.98. The van der Waals surface area contributed by atoms with Gasteiger partial charge < -0.3 is 9.84 Å². The highest BCUT2D eigenvalue weighted by molar-refractivity contribution is 5.81.